The molecule has 31 heavy (non-hydrogen) atoms. The van der Waals surface area contributed by atoms with Crippen molar-refractivity contribution in [3.05, 3.63) is 52.5 Å². The molecule has 9 heteroatoms. The molecule has 0 saturated carbocycles. The Morgan fingerprint density at radius 3 is 2.52 bits per heavy atom. The van der Waals surface area contributed by atoms with Crippen LogP contribution in [0.1, 0.15) is 18.4 Å². The van der Waals surface area contributed by atoms with Gasteiger partial charge in [-0.3, -0.25) is 4.79 Å². The average molecular weight is 511 g/mol. The van der Waals surface area contributed by atoms with Crippen molar-refractivity contribution in [1.29, 1.82) is 0 Å². The molecule has 0 aromatic heterocycles. The second-order valence-electron chi connectivity index (χ2n) is 7.39. The lowest BCUT2D eigenvalue weighted by Crippen LogP contribution is -2.45. The lowest BCUT2D eigenvalue weighted by molar-refractivity contribution is -0.126. The summed E-state index contributed by atoms with van der Waals surface area (Å²) < 4.78 is 38.6. The van der Waals surface area contributed by atoms with Crippen molar-refractivity contribution in [2.45, 2.75) is 24.2 Å². The Bertz CT molecular complexity index is 1010. The summed E-state index contributed by atoms with van der Waals surface area (Å²) in [6, 6.07) is 12.2. The van der Waals surface area contributed by atoms with Crippen LogP contribution in [-0.2, 0) is 21.2 Å². The van der Waals surface area contributed by atoms with Crippen LogP contribution in [-0.4, -0.2) is 52.5 Å². The summed E-state index contributed by atoms with van der Waals surface area (Å²) in [5.41, 5.74) is 1.01. The molecule has 0 spiro atoms. The number of halogens is 1. The molecule has 1 amide bonds. The Morgan fingerprint density at radius 2 is 1.84 bits per heavy atom. The van der Waals surface area contributed by atoms with Crippen LogP contribution in [0.25, 0.3) is 0 Å². The third kappa shape index (κ3) is 5.78. The number of benzene rings is 2. The van der Waals surface area contributed by atoms with Crippen molar-refractivity contribution in [1.82, 2.24) is 9.62 Å². The first-order valence-electron chi connectivity index (χ1n) is 10.1. The molecule has 1 aliphatic heterocycles. The minimum absolute atomic E-state index is 0.115. The number of methoxy groups -OCH3 is 2. The Hall–Kier alpha value is -2.10. The minimum atomic E-state index is -3.62. The molecule has 1 fully saturated rings. The van der Waals surface area contributed by atoms with E-state index in [-0.39, 0.29) is 23.3 Å². The van der Waals surface area contributed by atoms with Crippen LogP contribution in [0.15, 0.2) is 51.8 Å². The first-order chi connectivity index (χ1) is 14.8. The average Bonchev–Trinajstić information content (AvgIpc) is 2.79. The van der Waals surface area contributed by atoms with Gasteiger partial charge in [-0.05, 0) is 61.2 Å². The Balaban J connectivity index is 1.57. The normalized spacial score (nSPS) is 17.2. The third-order valence-corrected chi connectivity index (χ3v) is 7.78. The second-order valence-corrected chi connectivity index (χ2v) is 10.2. The van der Waals surface area contributed by atoms with E-state index >= 15 is 0 Å². The molecule has 7 nitrogen and oxygen atoms in total. The summed E-state index contributed by atoms with van der Waals surface area (Å²) in [6.45, 7) is 1.08. The number of hydrogen-bond acceptors (Lipinski definition) is 5. The van der Waals surface area contributed by atoms with Crippen LogP contribution < -0.4 is 14.8 Å². The fourth-order valence-electron chi connectivity index (χ4n) is 3.64. The number of piperidine rings is 1. The van der Waals surface area contributed by atoms with E-state index < -0.39 is 10.0 Å². The van der Waals surface area contributed by atoms with Crippen LogP contribution in [0.2, 0.25) is 0 Å². The van der Waals surface area contributed by atoms with Gasteiger partial charge in [-0.2, -0.15) is 4.31 Å². The maximum Gasteiger partial charge on any atom is 0.243 e. The standard InChI is InChI=1S/C22H27BrN2O5S/c1-29-20-10-5-16(14-21(20)30-2)11-12-24-22(26)17-4-3-13-25(15-17)31(27,28)19-8-6-18(23)7-9-19/h5-10,14,17H,3-4,11-13,15H2,1-2H3,(H,24,26)/t17-/m0/s1. The van der Waals surface area contributed by atoms with Crippen molar-refractivity contribution in [3.8, 4) is 11.5 Å². The van der Waals surface area contributed by atoms with Crippen LogP contribution in [0.4, 0.5) is 0 Å². The molecule has 2 aromatic carbocycles. The van der Waals surface area contributed by atoms with Crippen molar-refractivity contribution in [2.24, 2.45) is 5.92 Å². The van der Waals surface area contributed by atoms with E-state index in [1.165, 1.54) is 4.31 Å². The van der Waals surface area contributed by atoms with Gasteiger partial charge in [0.1, 0.15) is 0 Å². The van der Waals surface area contributed by atoms with Gasteiger partial charge in [0, 0.05) is 24.1 Å². The highest BCUT2D eigenvalue weighted by Crippen LogP contribution is 2.28. The van der Waals surface area contributed by atoms with Gasteiger partial charge in [0.25, 0.3) is 0 Å². The van der Waals surface area contributed by atoms with Crippen molar-refractivity contribution >= 4 is 31.9 Å². The monoisotopic (exact) mass is 510 g/mol. The van der Waals surface area contributed by atoms with E-state index in [4.69, 9.17) is 9.47 Å². The molecule has 168 valence electrons. The molecule has 0 radical (unpaired) electrons. The topological polar surface area (TPSA) is 84.9 Å². The molecule has 1 N–H and O–H groups in total. The zero-order valence-corrected chi connectivity index (χ0v) is 20.0. The second kappa shape index (κ2) is 10.5. The Morgan fingerprint density at radius 1 is 1.13 bits per heavy atom. The minimum Gasteiger partial charge on any atom is -0.493 e. The largest absolute Gasteiger partial charge is 0.493 e. The third-order valence-electron chi connectivity index (χ3n) is 5.37. The highest BCUT2D eigenvalue weighted by atomic mass is 79.9. The summed E-state index contributed by atoms with van der Waals surface area (Å²) in [4.78, 5) is 12.9. The summed E-state index contributed by atoms with van der Waals surface area (Å²) >= 11 is 3.32. The number of carbonyl (C=O) groups excluding carboxylic acids is 1. The Kier molecular flexibility index (Phi) is 7.96. The van der Waals surface area contributed by atoms with Crippen molar-refractivity contribution < 1.29 is 22.7 Å². The van der Waals surface area contributed by atoms with E-state index in [9.17, 15) is 13.2 Å². The summed E-state index contributed by atoms with van der Waals surface area (Å²) in [6.07, 6.45) is 1.97. The smallest absolute Gasteiger partial charge is 0.243 e. The number of nitrogens with zero attached hydrogens (tertiary/aromatic N) is 1. The zero-order valence-electron chi connectivity index (χ0n) is 17.6. The quantitative estimate of drug-likeness (QED) is 0.589. The van der Waals surface area contributed by atoms with E-state index in [2.05, 4.69) is 21.2 Å². The molecule has 1 heterocycles. The van der Waals surface area contributed by atoms with Gasteiger partial charge in [-0.1, -0.05) is 22.0 Å². The lowest BCUT2D eigenvalue weighted by Gasteiger charge is -2.31. The predicted molar refractivity (Wildman–Crippen MR) is 122 cm³/mol. The van der Waals surface area contributed by atoms with Crippen molar-refractivity contribution in [3.63, 3.8) is 0 Å². The number of sulfonamides is 1. The van der Waals surface area contributed by atoms with Gasteiger partial charge in [-0.15, -0.1) is 0 Å². The fraction of sp³-hybridized carbons (Fsp3) is 0.409. The number of rotatable bonds is 8. The first-order valence-corrected chi connectivity index (χ1v) is 12.3. The van der Waals surface area contributed by atoms with Gasteiger partial charge >= 0.3 is 0 Å². The molecule has 3 rings (SSSR count). The molecule has 1 atom stereocenters. The lowest BCUT2D eigenvalue weighted by atomic mass is 9.99. The molecular formula is C22H27BrN2O5S. The zero-order chi connectivity index (χ0) is 22.4. The van der Waals surface area contributed by atoms with E-state index in [0.29, 0.717) is 43.9 Å². The fourth-order valence-corrected chi connectivity index (χ4v) is 5.43. The molecule has 0 aliphatic carbocycles. The van der Waals surface area contributed by atoms with Crippen LogP contribution in [0, 0.1) is 5.92 Å². The predicted octanol–water partition coefficient (Wildman–Crippen LogP) is 3.23. The highest BCUT2D eigenvalue weighted by Gasteiger charge is 2.33. The summed E-state index contributed by atoms with van der Waals surface area (Å²) in [7, 11) is -0.447. The van der Waals surface area contributed by atoms with Gasteiger partial charge in [0.05, 0.1) is 25.0 Å². The van der Waals surface area contributed by atoms with Gasteiger partial charge < -0.3 is 14.8 Å². The van der Waals surface area contributed by atoms with Crippen LogP contribution >= 0.6 is 15.9 Å². The molecule has 0 bridgehead atoms. The molecule has 1 saturated heterocycles. The number of carbonyl (C=O) groups is 1. The van der Waals surface area contributed by atoms with Gasteiger partial charge in [0.15, 0.2) is 11.5 Å². The summed E-state index contributed by atoms with van der Waals surface area (Å²) in [5, 5.41) is 2.95. The SMILES string of the molecule is COc1ccc(CCNC(=O)[C@H]2CCCN(S(=O)(=O)c3ccc(Br)cc3)C2)cc1OC. The maximum absolute atomic E-state index is 12.9. The molecule has 0 unspecified atom stereocenters. The van der Waals surface area contributed by atoms with Gasteiger partial charge in [0.2, 0.25) is 15.9 Å². The Labute approximate surface area is 191 Å². The molecule has 2 aromatic rings. The number of nitrogens with one attached hydrogen (secondary N) is 1. The number of amides is 1. The van der Waals surface area contributed by atoms with Gasteiger partial charge in [-0.25, -0.2) is 8.42 Å². The van der Waals surface area contributed by atoms with Crippen LogP contribution in [0.3, 0.4) is 0 Å². The van der Waals surface area contributed by atoms with E-state index in [0.717, 1.165) is 10.0 Å². The first kappa shape index (κ1) is 23.6. The van der Waals surface area contributed by atoms with E-state index in [1.807, 2.05) is 18.2 Å². The van der Waals surface area contributed by atoms with E-state index in [1.54, 1.807) is 38.5 Å². The van der Waals surface area contributed by atoms with Crippen LogP contribution in [0.5, 0.6) is 11.5 Å². The molecule has 1 aliphatic rings. The summed E-state index contributed by atoms with van der Waals surface area (Å²) in [5.74, 6) is 0.831. The molecular weight excluding hydrogens is 484 g/mol. The number of hydrogen-bond donors (Lipinski definition) is 1. The number of ether oxygens (including phenoxy) is 2. The van der Waals surface area contributed by atoms with Crippen molar-refractivity contribution in [2.75, 3.05) is 33.9 Å². The maximum atomic E-state index is 12.9. The highest BCUT2D eigenvalue weighted by molar-refractivity contribution is 9.10.